The second-order valence-corrected chi connectivity index (χ2v) is 6.40. The summed E-state index contributed by atoms with van der Waals surface area (Å²) in [5.74, 6) is -0.167. The Kier molecular flexibility index (Phi) is 6.96. The number of methoxy groups -OCH3 is 1. The molecule has 4 heteroatoms. The van der Waals surface area contributed by atoms with Gasteiger partial charge in [0.15, 0.2) is 0 Å². The second-order valence-electron chi connectivity index (χ2n) is 6.40. The molecule has 1 rings (SSSR count). The van der Waals surface area contributed by atoms with Crippen LogP contribution in [0.25, 0.3) is 0 Å². The van der Waals surface area contributed by atoms with Crippen LogP contribution in [0.15, 0.2) is 0 Å². The third kappa shape index (κ3) is 4.45. The molecule has 0 aromatic heterocycles. The number of rotatable bonds is 7. The predicted octanol–water partition coefficient (Wildman–Crippen LogP) is 2.57. The standard InChI is InChI=1S/C16H32N2O2/c1-13-9-8-10-14(2)18(13)12-7-6-11-16(3,17-4)15(19)20-5/h13-14,17H,6-12H2,1-5H3/t13-,14+,16?. The zero-order chi connectivity index (χ0) is 15.2. The van der Waals surface area contributed by atoms with Crippen molar-refractivity contribution in [2.45, 2.75) is 76.9 Å². The maximum atomic E-state index is 11.8. The number of hydrogen-bond donors (Lipinski definition) is 1. The van der Waals surface area contributed by atoms with Crippen LogP contribution in [-0.4, -0.2) is 49.2 Å². The van der Waals surface area contributed by atoms with Crippen molar-refractivity contribution in [3.63, 3.8) is 0 Å². The predicted molar refractivity (Wildman–Crippen MR) is 82.8 cm³/mol. The van der Waals surface area contributed by atoms with E-state index >= 15 is 0 Å². The number of nitrogens with one attached hydrogen (secondary N) is 1. The van der Waals surface area contributed by atoms with Crippen LogP contribution in [0, 0.1) is 0 Å². The van der Waals surface area contributed by atoms with E-state index in [1.54, 1.807) is 0 Å². The van der Waals surface area contributed by atoms with Crippen LogP contribution in [0.1, 0.15) is 59.3 Å². The molecule has 0 amide bonds. The molecule has 1 saturated heterocycles. The first-order valence-electron chi connectivity index (χ1n) is 7.97. The van der Waals surface area contributed by atoms with Gasteiger partial charge in [-0.2, -0.15) is 0 Å². The van der Waals surface area contributed by atoms with E-state index in [2.05, 4.69) is 24.1 Å². The fourth-order valence-electron chi connectivity index (χ4n) is 3.24. The first-order valence-corrected chi connectivity index (χ1v) is 7.97. The molecule has 20 heavy (non-hydrogen) atoms. The van der Waals surface area contributed by atoms with Crippen LogP contribution in [-0.2, 0) is 9.53 Å². The lowest BCUT2D eigenvalue weighted by Crippen LogP contribution is -2.48. The number of nitrogens with zero attached hydrogens (tertiary/aromatic N) is 1. The fraction of sp³-hybridized carbons (Fsp3) is 0.938. The summed E-state index contributed by atoms with van der Waals surface area (Å²) in [6, 6.07) is 1.41. The molecule has 1 fully saturated rings. The van der Waals surface area contributed by atoms with Crippen LogP contribution in [0.3, 0.4) is 0 Å². The molecule has 1 aliphatic heterocycles. The van der Waals surface area contributed by atoms with Gasteiger partial charge >= 0.3 is 5.97 Å². The number of likely N-dealkylation sites (N-methyl/N-ethyl adjacent to an activating group) is 1. The highest BCUT2D eigenvalue weighted by Gasteiger charge is 2.32. The molecular formula is C16H32N2O2. The topological polar surface area (TPSA) is 41.6 Å². The number of unbranched alkanes of at least 4 members (excludes halogenated alkanes) is 1. The average molecular weight is 284 g/mol. The molecule has 0 aromatic carbocycles. The molecular weight excluding hydrogens is 252 g/mol. The zero-order valence-electron chi connectivity index (χ0n) is 13.9. The van der Waals surface area contributed by atoms with Crippen LogP contribution < -0.4 is 5.32 Å². The van der Waals surface area contributed by atoms with Crippen LogP contribution >= 0.6 is 0 Å². The summed E-state index contributed by atoms with van der Waals surface area (Å²) in [4.78, 5) is 14.4. The molecule has 0 bridgehead atoms. The van der Waals surface area contributed by atoms with Gasteiger partial charge in [0.2, 0.25) is 0 Å². The SMILES string of the molecule is CNC(C)(CCCCN1[C@H](C)CCC[C@@H]1C)C(=O)OC. The molecule has 118 valence electrons. The highest BCUT2D eigenvalue weighted by molar-refractivity contribution is 5.80. The third-order valence-corrected chi connectivity index (χ3v) is 4.91. The third-order valence-electron chi connectivity index (χ3n) is 4.91. The van der Waals surface area contributed by atoms with E-state index < -0.39 is 5.54 Å². The van der Waals surface area contributed by atoms with Gasteiger partial charge < -0.3 is 10.1 Å². The smallest absolute Gasteiger partial charge is 0.325 e. The Hall–Kier alpha value is -0.610. The molecule has 1 unspecified atom stereocenters. The zero-order valence-corrected chi connectivity index (χ0v) is 13.9. The van der Waals surface area contributed by atoms with Crippen molar-refractivity contribution in [2.24, 2.45) is 0 Å². The Balaban J connectivity index is 2.35. The summed E-state index contributed by atoms with van der Waals surface area (Å²) in [6.07, 6.45) is 7.01. The molecule has 0 radical (unpaired) electrons. The monoisotopic (exact) mass is 284 g/mol. The first-order chi connectivity index (χ1) is 9.44. The summed E-state index contributed by atoms with van der Waals surface area (Å²) in [5.41, 5.74) is -0.548. The summed E-state index contributed by atoms with van der Waals surface area (Å²) in [6.45, 7) is 7.73. The molecule has 0 saturated carbocycles. The number of carbonyl (C=O) groups excluding carboxylic acids is 1. The van der Waals surface area contributed by atoms with Gasteiger partial charge in [-0.25, -0.2) is 0 Å². The number of likely N-dealkylation sites (tertiary alicyclic amines) is 1. The maximum Gasteiger partial charge on any atom is 0.325 e. The van der Waals surface area contributed by atoms with E-state index in [0.717, 1.165) is 25.8 Å². The highest BCUT2D eigenvalue weighted by atomic mass is 16.5. The van der Waals surface area contributed by atoms with Crippen molar-refractivity contribution in [1.29, 1.82) is 0 Å². The maximum absolute atomic E-state index is 11.8. The fourth-order valence-corrected chi connectivity index (χ4v) is 3.24. The van der Waals surface area contributed by atoms with Crippen molar-refractivity contribution in [1.82, 2.24) is 10.2 Å². The largest absolute Gasteiger partial charge is 0.468 e. The number of esters is 1. The Labute approximate surface area is 124 Å². The number of piperidine rings is 1. The average Bonchev–Trinajstić information content (AvgIpc) is 2.44. The van der Waals surface area contributed by atoms with Crippen molar-refractivity contribution in [3.05, 3.63) is 0 Å². The van der Waals surface area contributed by atoms with Gasteiger partial charge in [-0.05, 0) is 66.5 Å². The molecule has 4 nitrogen and oxygen atoms in total. The van der Waals surface area contributed by atoms with E-state index in [9.17, 15) is 4.79 Å². The summed E-state index contributed by atoms with van der Waals surface area (Å²) < 4.78 is 4.88. The van der Waals surface area contributed by atoms with Crippen molar-refractivity contribution in [2.75, 3.05) is 20.7 Å². The van der Waals surface area contributed by atoms with Crippen molar-refractivity contribution in [3.8, 4) is 0 Å². The van der Waals surface area contributed by atoms with Crippen LogP contribution in [0.4, 0.5) is 0 Å². The molecule has 3 atom stereocenters. The van der Waals surface area contributed by atoms with Gasteiger partial charge in [-0.3, -0.25) is 9.69 Å². The Morgan fingerprint density at radius 3 is 2.40 bits per heavy atom. The minimum atomic E-state index is -0.548. The molecule has 1 N–H and O–H groups in total. The van der Waals surface area contributed by atoms with Gasteiger partial charge in [0.25, 0.3) is 0 Å². The highest BCUT2D eigenvalue weighted by Crippen LogP contribution is 2.23. The molecule has 0 aromatic rings. The van der Waals surface area contributed by atoms with Crippen molar-refractivity contribution >= 4 is 5.97 Å². The second kappa shape index (κ2) is 7.99. The summed E-state index contributed by atoms with van der Waals surface area (Å²) >= 11 is 0. The Morgan fingerprint density at radius 1 is 1.30 bits per heavy atom. The number of ether oxygens (including phenoxy) is 1. The molecule has 1 aliphatic rings. The van der Waals surface area contributed by atoms with Crippen molar-refractivity contribution < 1.29 is 9.53 Å². The van der Waals surface area contributed by atoms with E-state index in [1.165, 1.54) is 26.4 Å². The van der Waals surface area contributed by atoms with Gasteiger partial charge in [-0.1, -0.05) is 6.42 Å². The van der Waals surface area contributed by atoms with Crippen LogP contribution in [0.5, 0.6) is 0 Å². The van der Waals surface area contributed by atoms with Gasteiger partial charge in [0.05, 0.1) is 7.11 Å². The van der Waals surface area contributed by atoms with E-state index in [0.29, 0.717) is 12.1 Å². The lowest BCUT2D eigenvalue weighted by atomic mass is 9.94. The van der Waals surface area contributed by atoms with Crippen LogP contribution in [0.2, 0.25) is 0 Å². The molecule has 0 spiro atoms. The lowest BCUT2D eigenvalue weighted by Gasteiger charge is -2.39. The van der Waals surface area contributed by atoms with Gasteiger partial charge in [0, 0.05) is 12.1 Å². The summed E-state index contributed by atoms with van der Waals surface area (Å²) in [5, 5.41) is 3.10. The minimum Gasteiger partial charge on any atom is -0.468 e. The van der Waals surface area contributed by atoms with Gasteiger partial charge in [-0.15, -0.1) is 0 Å². The van der Waals surface area contributed by atoms with E-state index in [4.69, 9.17) is 4.74 Å². The summed E-state index contributed by atoms with van der Waals surface area (Å²) in [7, 11) is 3.28. The lowest BCUT2D eigenvalue weighted by molar-refractivity contribution is -0.148. The quantitative estimate of drug-likeness (QED) is 0.576. The Bertz CT molecular complexity index is 299. The first kappa shape index (κ1) is 17.4. The molecule has 1 heterocycles. The minimum absolute atomic E-state index is 0.167. The van der Waals surface area contributed by atoms with E-state index in [1.807, 2.05) is 14.0 Å². The van der Waals surface area contributed by atoms with E-state index in [-0.39, 0.29) is 5.97 Å². The number of hydrogen-bond acceptors (Lipinski definition) is 4. The Morgan fingerprint density at radius 2 is 1.90 bits per heavy atom. The number of carbonyl (C=O) groups is 1. The normalized spacial score (nSPS) is 27.1. The molecule has 0 aliphatic carbocycles. The van der Waals surface area contributed by atoms with Gasteiger partial charge in [0.1, 0.15) is 5.54 Å².